The first-order valence-electron chi connectivity index (χ1n) is 11.0. The zero-order chi connectivity index (χ0) is 24.0. The van der Waals surface area contributed by atoms with Gasteiger partial charge in [-0.2, -0.15) is 0 Å². The number of hydrogen-bond acceptors (Lipinski definition) is 8. The van der Waals surface area contributed by atoms with Gasteiger partial charge in [0.05, 0.1) is 11.6 Å². The van der Waals surface area contributed by atoms with E-state index in [-0.39, 0.29) is 23.3 Å². The topological polar surface area (TPSA) is 161 Å². The summed E-state index contributed by atoms with van der Waals surface area (Å²) in [6.45, 7) is 0. The second kappa shape index (κ2) is 6.91. The lowest BCUT2D eigenvalue weighted by molar-refractivity contribution is -0.153. The first-order valence-corrected chi connectivity index (χ1v) is 11.0. The maximum atomic E-state index is 13.7. The number of primary amides is 1. The molecule has 1 aromatic rings. The molecular formula is C24H26N2O7. The third kappa shape index (κ3) is 2.75. The molecule has 2 unspecified atom stereocenters. The van der Waals surface area contributed by atoms with Crippen LogP contribution in [0, 0.1) is 11.8 Å². The van der Waals surface area contributed by atoms with Gasteiger partial charge in [-0.15, -0.1) is 0 Å². The van der Waals surface area contributed by atoms with Crippen molar-refractivity contribution in [3.63, 3.8) is 0 Å². The molecule has 1 amide bonds. The molecule has 0 bridgehead atoms. The number of benzene rings is 1. The predicted octanol–water partition coefficient (Wildman–Crippen LogP) is 0.841. The lowest BCUT2D eigenvalue weighted by Gasteiger charge is -2.50. The van der Waals surface area contributed by atoms with E-state index in [1.165, 1.54) is 11.0 Å². The van der Waals surface area contributed by atoms with E-state index >= 15 is 0 Å². The molecule has 0 saturated heterocycles. The van der Waals surface area contributed by atoms with E-state index in [4.69, 9.17) is 5.73 Å². The van der Waals surface area contributed by atoms with E-state index in [1.807, 2.05) is 6.07 Å². The quantitative estimate of drug-likeness (QED) is 0.420. The molecule has 0 radical (unpaired) electrons. The van der Waals surface area contributed by atoms with E-state index < -0.39 is 58.0 Å². The Kier molecular flexibility index (Phi) is 4.54. The summed E-state index contributed by atoms with van der Waals surface area (Å²) in [5.41, 5.74) is 3.73. The summed E-state index contributed by atoms with van der Waals surface area (Å²) >= 11 is 0. The third-order valence-corrected chi connectivity index (χ3v) is 7.66. The zero-order valence-corrected chi connectivity index (χ0v) is 18.3. The van der Waals surface area contributed by atoms with Crippen LogP contribution in [0.3, 0.4) is 0 Å². The highest BCUT2D eigenvalue weighted by molar-refractivity contribution is 6.24. The van der Waals surface area contributed by atoms with Crippen molar-refractivity contribution in [1.29, 1.82) is 0 Å². The number of phenolic OH excluding ortho intramolecular Hbond substituents is 1. The van der Waals surface area contributed by atoms with Crippen LogP contribution in [-0.4, -0.2) is 68.5 Å². The maximum Gasteiger partial charge on any atom is 0.255 e. The summed E-state index contributed by atoms with van der Waals surface area (Å²) in [6, 6.07) is 2.25. The summed E-state index contributed by atoms with van der Waals surface area (Å²) in [7, 11) is 3.16. The van der Waals surface area contributed by atoms with Crippen molar-refractivity contribution >= 4 is 23.2 Å². The Morgan fingerprint density at radius 1 is 1.12 bits per heavy atom. The zero-order valence-electron chi connectivity index (χ0n) is 18.3. The fourth-order valence-corrected chi connectivity index (χ4v) is 6.04. The monoisotopic (exact) mass is 454 g/mol. The highest BCUT2D eigenvalue weighted by Crippen LogP contribution is 2.54. The van der Waals surface area contributed by atoms with Gasteiger partial charge >= 0.3 is 0 Å². The molecule has 9 nitrogen and oxygen atoms in total. The number of fused-ring (bicyclic) bond motifs is 3. The highest BCUT2D eigenvalue weighted by atomic mass is 16.3. The number of rotatable bonds is 3. The Balaban J connectivity index is 1.74. The minimum atomic E-state index is -2.60. The average molecular weight is 454 g/mol. The van der Waals surface area contributed by atoms with E-state index in [9.17, 15) is 34.8 Å². The van der Waals surface area contributed by atoms with E-state index in [0.29, 0.717) is 12.3 Å². The number of nitrogens with zero attached hydrogens (tertiary/aromatic N) is 1. The first-order chi connectivity index (χ1) is 15.5. The molecule has 0 aromatic heterocycles. The van der Waals surface area contributed by atoms with Gasteiger partial charge in [0.25, 0.3) is 5.91 Å². The van der Waals surface area contributed by atoms with E-state index in [2.05, 4.69) is 0 Å². The molecule has 4 aliphatic carbocycles. The number of aliphatic hydroxyl groups is 3. The number of aromatic hydroxyl groups is 1. The maximum absolute atomic E-state index is 13.7. The number of hydrogen-bond donors (Lipinski definition) is 5. The van der Waals surface area contributed by atoms with Crippen molar-refractivity contribution in [2.45, 2.75) is 43.2 Å². The Bertz CT molecular complexity index is 1190. The van der Waals surface area contributed by atoms with Gasteiger partial charge in [-0.1, -0.05) is 6.07 Å². The summed E-state index contributed by atoms with van der Waals surface area (Å²) in [4.78, 5) is 40.2. The molecule has 2 saturated carbocycles. The Morgan fingerprint density at radius 3 is 2.36 bits per heavy atom. The summed E-state index contributed by atoms with van der Waals surface area (Å²) in [6.07, 6.45) is 2.46. The number of phenols is 1. The lowest BCUT2D eigenvalue weighted by Crippen LogP contribution is -2.65. The van der Waals surface area contributed by atoms with E-state index in [0.717, 1.165) is 24.0 Å². The standard InChI is InChI=1S/C24H26N2O7/c1-26(2)18-13-8-10-7-12-11(9-3-4-9)5-6-14(27)16(12)19(28)15(10)21(30)24(13,33)22(31)17(20(18)29)23(25)32/h5-6,9-10,13,18,27-28,31,33H,3-4,7-8H2,1-2H3,(H2,25,32)/t10?,13?,18-,24-/m0/s1. The van der Waals surface area contributed by atoms with Gasteiger partial charge in [0.15, 0.2) is 11.4 Å². The Morgan fingerprint density at radius 2 is 1.79 bits per heavy atom. The second-order valence-corrected chi connectivity index (χ2v) is 9.76. The van der Waals surface area contributed by atoms with Crippen LogP contribution in [0.5, 0.6) is 5.75 Å². The van der Waals surface area contributed by atoms with Crippen LogP contribution in [-0.2, 0) is 20.8 Å². The molecule has 1 aromatic carbocycles. The lowest BCUT2D eigenvalue weighted by atomic mass is 9.57. The van der Waals surface area contributed by atoms with Crippen molar-refractivity contribution in [3.05, 3.63) is 45.7 Å². The van der Waals surface area contributed by atoms with Crippen LogP contribution in [0.4, 0.5) is 0 Å². The molecule has 0 spiro atoms. The van der Waals surface area contributed by atoms with Crippen LogP contribution in [0.1, 0.15) is 41.9 Å². The highest BCUT2D eigenvalue weighted by Gasteiger charge is 2.64. The van der Waals surface area contributed by atoms with Gasteiger partial charge in [-0.05, 0) is 68.8 Å². The minimum absolute atomic E-state index is 0.103. The largest absolute Gasteiger partial charge is 0.508 e. The Hall–Kier alpha value is -3.17. The van der Waals surface area contributed by atoms with Crippen LogP contribution in [0.2, 0.25) is 0 Å². The summed E-state index contributed by atoms with van der Waals surface area (Å²) in [5.74, 6) is -5.94. The number of carbonyl (C=O) groups is 3. The van der Waals surface area contributed by atoms with Crippen molar-refractivity contribution in [1.82, 2.24) is 4.90 Å². The average Bonchev–Trinajstić information content (AvgIpc) is 3.55. The van der Waals surface area contributed by atoms with Gasteiger partial charge in [-0.3, -0.25) is 19.3 Å². The molecule has 33 heavy (non-hydrogen) atoms. The van der Waals surface area contributed by atoms with Gasteiger partial charge in [0.2, 0.25) is 5.78 Å². The van der Waals surface area contributed by atoms with Gasteiger partial charge < -0.3 is 26.2 Å². The molecule has 4 atom stereocenters. The number of ketones is 2. The molecule has 174 valence electrons. The molecule has 9 heteroatoms. The van der Waals surface area contributed by atoms with Crippen molar-refractivity contribution in [3.8, 4) is 5.75 Å². The molecule has 2 fully saturated rings. The number of aliphatic hydroxyl groups excluding tert-OH is 2. The number of nitrogens with two attached hydrogens (primary N) is 1. The Labute approximate surface area is 189 Å². The predicted molar refractivity (Wildman–Crippen MR) is 116 cm³/mol. The molecule has 4 aliphatic rings. The van der Waals surface area contributed by atoms with Crippen molar-refractivity contribution in [2.24, 2.45) is 17.6 Å². The minimum Gasteiger partial charge on any atom is -0.508 e. The number of carbonyl (C=O) groups excluding carboxylic acids is 3. The molecule has 0 aliphatic heterocycles. The van der Waals surface area contributed by atoms with Crippen LogP contribution in [0.15, 0.2) is 29.0 Å². The SMILES string of the molecule is CN(C)[C@@H]1C(=O)C(C(N)=O)=C(O)[C@@]2(O)C(=O)C3=C(O)c4c(O)ccc(C5CC5)c4CC3CC12. The van der Waals surface area contributed by atoms with Gasteiger partial charge in [-0.25, -0.2) is 0 Å². The second-order valence-electron chi connectivity index (χ2n) is 9.76. The van der Waals surface area contributed by atoms with Gasteiger partial charge in [0.1, 0.15) is 22.8 Å². The van der Waals surface area contributed by atoms with Crippen LogP contribution < -0.4 is 5.73 Å². The number of amides is 1. The van der Waals surface area contributed by atoms with Crippen molar-refractivity contribution < 1.29 is 34.8 Å². The molecule has 6 N–H and O–H groups in total. The first kappa shape index (κ1) is 21.7. The van der Waals surface area contributed by atoms with Gasteiger partial charge in [0, 0.05) is 11.5 Å². The van der Waals surface area contributed by atoms with E-state index in [1.54, 1.807) is 14.1 Å². The van der Waals surface area contributed by atoms with Crippen LogP contribution in [0.25, 0.3) is 5.76 Å². The molecular weight excluding hydrogens is 428 g/mol. The fourth-order valence-electron chi connectivity index (χ4n) is 6.04. The summed E-state index contributed by atoms with van der Waals surface area (Å²) in [5, 5.41) is 44.0. The van der Waals surface area contributed by atoms with Crippen LogP contribution >= 0.6 is 0 Å². The normalized spacial score (nSPS) is 31.5. The number of Topliss-reactive ketones (excluding diaryl/α,β-unsaturated/α-hetero) is 2. The molecule has 5 rings (SSSR count). The van der Waals surface area contributed by atoms with Crippen molar-refractivity contribution in [2.75, 3.05) is 14.1 Å². The fraction of sp³-hybridized carbons (Fsp3) is 0.458. The smallest absolute Gasteiger partial charge is 0.255 e. The third-order valence-electron chi connectivity index (χ3n) is 7.66. The number of likely N-dealkylation sites (N-methyl/N-ethyl adjacent to an activating group) is 1. The summed E-state index contributed by atoms with van der Waals surface area (Å²) < 4.78 is 0. The molecule has 0 heterocycles.